The van der Waals surface area contributed by atoms with Crippen LogP contribution in [0.3, 0.4) is 0 Å². The van der Waals surface area contributed by atoms with Gasteiger partial charge in [0.1, 0.15) is 5.75 Å². The number of aromatic nitrogens is 1. The van der Waals surface area contributed by atoms with Crippen LogP contribution in [0.4, 0.5) is 0 Å². The van der Waals surface area contributed by atoms with Crippen LogP contribution >= 0.6 is 0 Å². The monoisotopic (exact) mass is 217 g/mol. The number of benzene rings is 1. The van der Waals surface area contributed by atoms with Gasteiger partial charge in [-0.3, -0.25) is 4.79 Å². The fraction of sp³-hybridized carbons (Fsp3) is 0.308. The first-order valence-electron chi connectivity index (χ1n) is 5.23. The van der Waals surface area contributed by atoms with Crippen LogP contribution in [0.1, 0.15) is 28.5 Å². The highest BCUT2D eigenvalue weighted by Gasteiger charge is 2.15. The van der Waals surface area contributed by atoms with Gasteiger partial charge in [-0.05, 0) is 31.0 Å². The fourth-order valence-electron chi connectivity index (χ4n) is 2.09. The number of nitrogens with one attached hydrogen (secondary N) is 1. The molecule has 16 heavy (non-hydrogen) atoms. The maximum atomic E-state index is 11.5. The Morgan fingerprint density at radius 3 is 2.56 bits per heavy atom. The molecule has 1 aromatic carbocycles. The molecule has 3 heteroatoms. The predicted octanol–water partition coefficient (Wildman–Crippen LogP) is 3.00. The van der Waals surface area contributed by atoms with Gasteiger partial charge in [0.05, 0.1) is 18.3 Å². The van der Waals surface area contributed by atoms with Crippen LogP contribution in [0.5, 0.6) is 5.75 Å². The number of carbonyl (C=O) groups excluding carboxylic acids is 1. The van der Waals surface area contributed by atoms with Crippen LogP contribution in [-0.4, -0.2) is 17.9 Å². The second kappa shape index (κ2) is 3.67. The van der Waals surface area contributed by atoms with E-state index in [0.29, 0.717) is 5.69 Å². The van der Waals surface area contributed by atoms with Gasteiger partial charge in [0.25, 0.3) is 0 Å². The van der Waals surface area contributed by atoms with Crippen LogP contribution in [0, 0.1) is 13.8 Å². The first-order chi connectivity index (χ1) is 7.56. The highest BCUT2D eigenvalue weighted by atomic mass is 16.5. The summed E-state index contributed by atoms with van der Waals surface area (Å²) in [6, 6.07) is 3.92. The molecular weight excluding hydrogens is 202 g/mol. The highest BCUT2D eigenvalue weighted by Crippen LogP contribution is 2.32. The molecule has 1 aromatic heterocycles. The Balaban J connectivity index is 2.89. The molecule has 0 saturated heterocycles. The number of ketones is 1. The summed E-state index contributed by atoms with van der Waals surface area (Å²) in [5, 5.41) is 1.01. The average molecular weight is 217 g/mol. The molecule has 0 spiro atoms. The average Bonchev–Trinajstić information content (AvgIpc) is 2.59. The number of ether oxygens (including phenoxy) is 1. The van der Waals surface area contributed by atoms with Gasteiger partial charge in [-0.15, -0.1) is 0 Å². The van der Waals surface area contributed by atoms with E-state index < -0.39 is 0 Å². The minimum atomic E-state index is 0.0511. The predicted molar refractivity (Wildman–Crippen MR) is 64.3 cm³/mol. The summed E-state index contributed by atoms with van der Waals surface area (Å²) in [4.78, 5) is 14.7. The SMILES string of the molecule is COc1ccc(C)c2[nH]c(C(C)=O)c(C)c12. The van der Waals surface area contributed by atoms with Gasteiger partial charge in [0.15, 0.2) is 5.78 Å². The van der Waals surface area contributed by atoms with Crippen LogP contribution in [0.15, 0.2) is 12.1 Å². The van der Waals surface area contributed by atoms with E-state index in [9.17, 15) is 4.79 Å². The number of hydrogen-bond donors (Lipinski definition) is 1. The van der Waals surface area contributed by atoms with E-state index in [2.05, 4.69) is 4.98 Å². The Labute approximate surface area is 94.4 Å². The number of fused-ring (bicyclic) bond motifs is 1. The summed E-state index contributed by atoms with van der Waals surface area (Å²) in [6.45, 7) is 5.53. The lowest BCUT2D eigenvalue weighted by Crippen LogP contribution is -1.94. The minimum Gasteiger partial charge on any atom is -0.496 e. The lowest BCUT2D eigenvalue weighted by molar-refractivity contribution is 0.101. The number of H-pyrrole nitrogens is 1. The van der Waals surface area contributed by atoms with Crippen molar-refractivity contribution >= 4 is 16.7 Å². The van der Waals surface area contributed by atoms with Gasteiger partial charge in [0.2, 0.25) is 0 Å². The number of methoxy groups -OCH3 is 1. The van der Waals surface area contributed by atoms with Gasteiger partial charge in [-0.2, -0.15) is 0 Å². The van der Waals surface area contributed by atoms with Crippen molar-refractivity contribution in [3.05, 3.63) is 29.0 Å². The summed E-state index contributed by atoms with van der Waals surface area (Å²) in [5.41, 5.74) is 3.74. The lowest BCUT2D eigenvalue weighted by Gasteiger charge is -2.04. The number of carbonyl (C=O) groups is 1. The molecule has 0 unspecified atom stereocenters. The Kier molecular flexibility index (Phi) is 2.46. The third-order valence-corrected chi connectivity index (χ3v) is 2.95. The van der Waals surface area contributed by atoms with Gasteiger partial charge < -0.3 is 9.72 Å². The van der Waals surface area contributed by atoms with Crippen molar-refractivity contribution in [2.75, 3.05) is 7.11 Å². The maximum absolute atomic E-state index is 11.5. The normalized spacial score (nSPS) is 10.8. The van der Waals surface area contributed by atoms with Gasteiger partial charge >= 0.3 is 0 Å². The standard InChI is InChI=1S/C13H15NO2/c1-7-5-6-10(16-4)11-8(2)13(9(3)15)14-12(7)11/h5-6,14H,1-4H3. The first-order valence-corrected chi connectivity index (χ1v) is 5.23. The van der Waals surface area contributed by atoms with E-state index in [1.54, 1.807) is 14.0 Å². The number of aryl methyl sites for hydroxylation is 2. The molecule has 1 N–H and O–H groups in total. The van der Waals surface area contributed by atoms with Crippen molar-refractivity contribution in [3.8, 4) is 5.75 Å². The second-order valence-electron chi connectivity index (χ2n) is 4.02. The molecule has 1 heterocycles. The van der Waals surface area contributed by atoms with E-state index in [4.69, 9.17) is 4.74 Å². The third-order valence-electron chi connectivity index (χ3n) is 2.95. The van der Waals surface area contributed by atoms with E-state index in [0.717, 1.165) is 27.8 Å². The van der Waals surface area contributed by atoms with E-state index in [-0.39, 0.29) is 5.78 Å². The zero-order chi connectivity index (χ0) is 11.9. The number of hydrogen-bond acceptors (Lipinski definition) is 2. The van der Waals surface area contributed by atoms with E-state index in [1.165, 1.54) is 0 Å². The van der Waals surface area contributed by atoms with Crippen molar-refractivity contribution in [2.24, 2.45) is 0 Å². The molecule has 2 rings (SSSR count). The molecule has 3 nitrogen and oxygen atoms in total. The van der Waals surface area contributed by atoms with Crippen molar-refractivity contribution in [1.82, 2.24) is 4.98 Å². The molecule has 84 valence electrons. The summed E-state index contributed by atoms with van der Waals surface area (Å²) < 4.78 is 5.33. The van der Waals surface area contributed by atoms with Crippen LogP contribution in [0.2, 0.25) is 0 Å². The minimum absolute atomic E-state index is 0.0511. The molecule has 0 saturated carbocycles. The molecule has 0 radical (unpaired) electrons. The molecule has 0 bridgehead atoms. The number of aromatic amines is 1. The van der Waals surface area contributed by atoms with E-state index >= 15 is 0 Å². The Morgan fingerprint density at radius 1 is 1.31 bits per heavy atom. The summed E-state index contributed by atoms with van der Waals surface area (Å²) in [5.74, 6) is 0.858. The molecule has 0 aliphatic rings. The van der Waals surface area contributed by atoms with Crippen molar-refractivity contribution < 1.29 is 9.53 Å². The molecule has 0 aliphatic heterocycles. The molecule has 0 aliphatic carbocycles. The molecule has 2 aromatic rings. The third kappa shape index (κ3) is 1.40. The van der Waals surface area contributed by atoms with Crippen molar-refractivity contribution in [1.29, 1.82) is 0 Å². The highest BCUT2D eigenvalue weighted by molar-refractivity contribution is 6.03. The topological polar surface area (TPSA) is 42.1 Å². The Morgan fingerprint density at radius 2 is 2.00 bits per heavy atom. The zero-order valence-corrected chi connectivity index (χ0v) is 9.97. The Bertz CT molecular complexity index is 567. The summed E-state index contributed by atoms with van der Waals surface area (Å²) in [6.07, 6.45) is 0. The molecular formula is C13H15NO2. The largest absolute Gasteiger partial charge is 0.496 e. The van der Waals surface area contributed by atoms with E-state index in [1.807, 2.05) is 26.0 Å². The molecule has 0 atom stereocenters. The maximum Gasteiger partial charge on any atom is 0.176 e. The van der Waals surface area contributed by atoms with Crippen LogP contribution in [0.25, 0.3) is 10.9 Å². The van der Waals surface area contributed by atoms with Crippen LogP contribution < -0.4 is 4.74 Å². The van der Waals surface area contributed by atoms with Crippen molar-refractivity contribution in [3.63, 3.8) is 0 Å². The first kappa shape index (κ1) is 10.7. The zero-order valence-electron chi connectivity index (χ0n) is 9.97. The summed E-state index contributed by atoms with van der Waals surface area (Å²) >= 11 is 0. The van der Waals surface area contributed by atoms with Gasteiger partial charge in [0, 0.05) is 12.3 Å². The molecule has 0 fully saturated rings. The number of Topliss-reactive ketones (excluding diaryl/α,β-unsaturated/α-hetero) is 1. The quantitative estimate of drug-likeness (QED) is 0.786. The van der Waals surface area contributed by atoms with Gasteiger partial charge in [-0.25, -0.2) is 0 Å². The second-order valence-corrected chi connectivity index (χ2v) is 4.02. The lowest BCUT2D eigenvalue weighted by atomic mass is 10.1. The van der Waals surface area contributed by atoms with Crippen molar-refractivity contribution in [2.45, 2.75) is 20.8 Å². The number of rotatable bonds is 2. The molecule has 0 amide bonds. The fourth-order valence-corrected chi connectivity index (χ4v) is 2.09. The van der Waals surface area contributed by atoms with Crippen LogP contribution in [-0.2, 0) is 0 Å². The smallest absolute Gasteiger partial charge is 0.176 e. The van der Waals surface area contributed by atoms with Gasteiger partial charge in [-0.1, -0.05) is 6.07 Å². The Hall–Kier alpha value is -1.77. The summed E-state index contributed by atoms with van der Waals surface area (Å²) in [7, 11) is 1.64.